The molecule has 3 rings (SSSR count). The summed E-state index contributed by atoms with van der Waals surface area (Å²) >= 11 is 0.927. The van der Waals surface area contributed by atoms with Crippen molar-refractivity contribution in [2.45, 2.75) is 36.0 Å². The molecule has 2 aliphatic heterocycles. The van der Waals surface area contributed by atoms with E-state index in [-0.39, 0.29) is 55.0 Å². The van der Waals surface area contributed by atoms with Gasteiger partial charge in [-0.2, -0.15) is 26.3 Å². The van der Waals surface area contributed by atoms with Gasteiger partial charge in [0.2, 0.25) is 5.91 Å². The number of amides is 3. The summed E-state index contributed by atoms with van der Waals surface area (Å²) in [6.45, 7) is 9.27. The van der Waals surface area contributed by atoms with E-state index in [1.54, 1.807) is 4.90 Å². The van der Waals surface area contributed by atoms with Crippen LogP contribution in [0.4, 0.5) is 39.9 Å². The summed E-state index contributed by atoms with van der Waals surface area (Å²) in [5.74, 6) is -2.92. The number of thioether (sulfide) groups is 1. The zero-order valence-electron chi connectivity index (χ0n) is 21.8. The van der Waals surface area contributed by atoms with Gasteiger partial charge in [0.05, 0.1) is 4.75 Å². The fraction of sp³-hybridized carbons (Fsp3) is 0.462. The number of carbonyl (C=O) groups is 2. The van der Waals surface area contributed by atoms with Gasteiger partial charge in [-0.1, -0.05) is 25.3 Å². The predicted molar refractivity (Wildman–Crippen MR) is 136 cm³/mol. The zero-order valence-corrected chi connectivity index (χ0v) is 22.6. The van der Waals surface area contributed by atoms with Crippen LogP contribution in [0.5, 0.6) is 0 Å². The van der Waals surface area contributed by atoms with E-state index in [0.29, 0.717) is 19.2 Å². The molecule has 1 aromatic carbocycles. The number of urea groups is 1. The van der Waals surface area contributed by atoms with Crippen LogP contribution in [0.1, 0.15) is 24.5 Å². The largest absolute Gasteiger partial charge is 0.430 e. The summed E-state index contributed by atoms with van der Waals surface area (Å²) in [7, 11) is 0. The van der Waals surface area contributed by atoms with Crippen LogP contribution in [0.25, 0.3) is 0 Å². The monoisotopic (exact) mass is 613 g/mol. The van der Waals surface area contributed by atoms with Crippen molar-refractivity contribution in [1.29, 1.82) is 0 Å². The van der Waals surface area contributed by atoms with Gasteiger partial charge in [-0.15, -0.1) is 11.8 Å². The molecule has 41 heavy (non-hydrogen) atoms. The van der Waals surface area contributed by atoms with Crippen LogP contribution < -0.4 is 0 Å². The maximum absolute atomic E-state index is 15.1. The van der Waals surface area contributed by atoms with Crippen LogP contribution in [-0.4, -0.2) is 83.4 Å². The van der Waals surface area contributed by atoms with Gasteiger partial charge >= 0.3 is 18.4 Å². The number of rotatable bonds is 6. The lowest BCUT2D eigenvalue weighted by Gasteiger charge is -2.37. The SMILES string of the molecule is C=C(F)/C=C\C(=C)S[C@@]1(c2ccc(C(O)(C(F)(F)F)C(F)(F)F)c(F)c2)CCN(C(=O)N2CCN(C(C)=O)CC2)C1. The number of alkyl halides is 6. The van der Waals surface area contributed by atoms with Gasteiger partial charge in [-0.3, -0.25) is 4.79 Å². The second-order valence-electron chi connectivity index (χ2n) is 9.69. The molecule has 2 aliphatic rings. The first-order chi connectivity index (χ1) is 18.8. The third-order valence-electron chi connectivity index (χ3n) is 6.98. The lowest BCUT2D eigenvalue weighted by molar-refractivity contribution is -0.377. The van der Waals surface area contributed by atoms with Crippen molar-refractivity contribution in [2.24, 2.45) is 0 Å². The van der Waals surface area contributed by atoms with Crippen molar-refractivity contribution in [2.75, 3.05) is 39.3 Å². The highest BCUT2D eigenvalue weighted by molar-refractivity contribution is 8.04. The quantitative estimate of drug-likeness (QED) is 0.335. The number of halogens is 8. The second kappa shape index (κ2) is 11.7. The summed E-state index contributed by atoms with van der Waals surface area (Å²) in [5, 5.41) is 9.69. The van der Waals surface area contributed by atoms with Crippen molar-refractivity contribution < 1.29 is 49.8 Å². The van der Waals surface area contributed by atoms with Crippen LogP contribution in [0.15, 0.2) is 54.2 Å². The van der Waals surface area contributed by atoms with Gasteiger partial charge in [0.15, 0.2) is 0 Å². The molecule has 1 atom stereocenters. The number of allylic oxidation sites excluding steroid dienone is 3. The molecule has 0 bridgehead atoms. The molecule has 0 aromatic heterocycles. The smallest absolute Gasteiger partial charge is 0.369 e. The van der Waals surface area contributed by atoms with Crippen LogP contribution in [0.3, 0.4) is 0 Å². The van der Waals surface area contributed by atoms with Crippen molar-refractivity contribution in [1.82, 2.24) is 14.7 Å². The van der Waals surface area contributed by atoms with E-state index >= 15 is 4.39 Å². The Morgan fingerprint density at radius 2 is 1.51 bits per heavy atom. The molecule has 6 nitrogen and oxygen atoms in total. The highest BCUT2D eigenvalue weighted by Crippen LogP contribution is 2.53. The Bertz CT molecular complexity index is 1230. The summed E-state index contributed by atoms with van der Waals surface area (Å²) in [4.78, 5) is 29.5. The standard InChI is InChI=1S/C26H27F8N3O3S/c1-16(27)4-5-17(2)41-23(8-9-37(15-23)22(39)36-12-10-35(11-13-36)18(3)38)19-6-7-20(21(28)14-19)24(40,25(29,30)31)26(32,33)34/h4-7,14,40H,1-2,8-13,15H2,3H3/b5-4-/t23-/m0/s1. The Labute approximate surface area is 234 Å². The van der Waals surface area contributed by atoms with E-state index < -0.39 is 45.9 Å². The number of hydrogen-bond acceptors (Lipinski definition) is 4. The molecule has 226 valence electrons. The van der Waals surface area contributed by atoms with E-state index in [9.17, 15) is 45.4 Å². The third kappa shape index (κ3) is 6.55. The number of aliphatic hydroxyl groups is 1. The third-order valence-corrected chi connectivity index (χ3v) is 8.34. The minimum atomic E-state index is -6.28. The Morgan fingerprint density at radius 3 is 2.00 bits per heavy atom. The normalized spacial score (nSPS) is 20.6. The summed E-state index contributed by atoms with van der Waals surface area (Å²) in [6.07, 6.45) is -10.3. The van der Waals surface area contributed by atoms with Gasteiger partial charge in [-0.25, -0.2) is 13.6 Å². The van der Waals surface area contributed by atoms with E-state index in [1.165, 1.54) is 22.8 Å². The molecule has 2 saturated heterocycles. The van der Waals surface area contributed by atoms with Gasteiger partial charge < -0.3 is 19.8 Å². The highest BCUT2D eigenvalue weighted by atomic mass is 32.2. The topological polar surface area (TPSA) is 64.1 Å². The van der Waals surface area contributed by atoms with Crippen LogP contribution >= 0.6 is 11.8 Å². The molecule has 0 spiro atoms. The van der Waals surface area contributed by atoms with Gasteiger partial charge in [-0.05, 0) is 30.2 Å². The average molecular weight is 614 g/mol. The Morgan fingerprint density at radius 1 is 0.951 bits per heavy atom. The first-order valence-electron chi connectivity index (χ1n) is 12.2. The molecular weight excluding hydrogens is 586 g/mol. The average Bonchev–Trinajstić information content (AvgIpc) is 3.30. The molecule has 0 saturated carbocycles. The number of carbonyl (C=O) groups excluding carboxylic acids is 2. The van der Waals surface area contributed by atoms with E-state index in [1.807, 2.05) is 0 Å². The molecular formula is C26H27F8N3O3S. The molecule has 3 amide bonds. The van der Waals surface area contributed by atoms with Crippen molar-refractivity contribution >= 4 is 23.7 Å². The summed E-state index contributed by atoms with van der Waals surface area (Å²) in [5.41, 5.74) is -7.56. The van der Waals surface area contributed by atoms with E-state index in [0.717, 1.165) is 23.9 Å². The van der Waals surface area contributed by atoms with E-state index in [2.05, 4.69) is 13.2 Å². The minimum Gasteiger partial charge on any atom is -0.369 e. The van der Waals surface area contributed by atoms with Crippen LogP contribution in [-0.2, 0) is 15.1 Å². The van der Waals surface area contributed by atoms with E-state index in [4.69, 9.17) is 0 Å². The summed E-state index contributed by atoms with van der Waals surface area (Å²) < 4.78 is 107. The molecule has 0 aliphatic carbocycles. The second-order valence-corrected chi connectivity index (χ2v) is 11.2. The number of benzene rings is 1. The van der Waals surface area contributed by atoms with Crippen molar-refractivity contribution in [3.63, 3.8) is 0 Å². The van der Waals surface area contributed by atoms with Crippen molar-refractivity contribution in [3.05, 3.63) is 71.2 Å². The molecule has 1 aromatic rings. The maximum atomic E-state index is 15.1. The summed E-state index contributed by atoms with van der Waals surface area (Å²) in [6, 6.07) is 1.10. The fourth-order valence-corrected chi connectivity index (χ4v) is 6.06. The molecule has 1 N–H and O–H groups in total. The number of piperazine rings is 1. The molecule has 15 heteroatoms. The lowest BCUT2D eigenvalue weighted by Crippen LogP contribution is -2.54. The van der Waals surface area contributed by atoms with Gasteiger partial charge in [0.1, 0.15) is 11.6 Å². The predicted octanol–water partition coefficient (Wildman–Crippen LogP) is 5.61. The van der Waals surface area contributed by atoms with Gasteiger partial charge in [0.25, 0.3) is 5.60 Å². The number of hydrogen-bond donors (Lipinski definition) is 1. The van der Waals surface area contributed by atoms with Gasteiger partial charge in [0, 0.05) is 56.7 Å². The molecule has 2 heterocycles. The highest BCUT2D eigenvalue weighted by Gasteiger charge is 2.72. The molecule has 2 fully saturated rings. The first-order valence-corrected chi connectivity index (χ1v) is 13.0. The molecule has 0 unspecified atom stereocenters. The molecule has 0 radical (unpaired) electrons. The first kappa shape index (κ1) is 32.4. The fourth-order valence-electron chi connectivity index (χ4n) is 4.76. The Kier molecular flexibility index (Phi) is 9.23. The van der Waals surface area contributed by atoms with Crippen molar-refractivity contribution in [3.8, 4) is 0 Å². The minimum absolute atomic E-state index is 0.0687. The number of likely N-dealkylation sites (tertiary alicyclic amines) is 1. The number of nitrogens with zero attached hydrogens (tertiary/aromatic N) is 3. The zero-order chi connectivity index (χ0) is 31.0. The van der Waals surface area contributed by atoms with Crippen LogP contribution in [0, 0.1) is 5.82 Å². The Hall–Kier alpha value is -3.07. The Balaban J connectivity index is 1.98. The maximum Gasteiger partial charge on any atom is 0.430 e. The van der Waals surface area contributed by atoms with Crippen LogP contribution in [0.2, 0.25) is 0 Å². The lowest BCUT2D eigenvalue weighted by atomic mass is 9.88.